The minimum Gasteiger partial charge on any atom is -0.301 e. The third kappa shape index (κ3) is 8.29. The van der Waals surface area contributed by atoms with Crippen molar-refractivity contribution in [2.24, 2.45) is 0 Å². The molecular formula is C12H29N. The van der Waals surface area contributed by atoms with E-state index in [1.165, 1.54) is 19.3 Å². The van der Waals surface area contributed by atoms with Crippen LogP contribution in [0, 0.1) is 0 Å². The van der Waals surface area contributed by atoms with E-state index in [-0.39, 0.29) is 0 Å². The van der Waals surface area contributed by atoms with E-state index in [0.29, 0.717) is 6.04 Å². The van der Waals surface area contributed by atoms with Crippen LogP contribution in [-0.4, -0.2) is 24.0 Å². The number of nitrogens with zero attached hydrogens (tertiary/aromatic N) is 1. The zero-order chi connectivity index (χ0) is 10.9. The summed E-state index contributed by atoms with van der Waals surface area (Å²) < 4.78 is 0. The molecule has 0 saturated heterocycles. The van der Waals surface area contributed by atoms with Crippen molar-refractivity contribution in [2.45, 2.75) is 72.9 Å². The van der Waals surface area contributed by atoms with Crippen LogP contribution in [0.2, 0.25) is 0 Å². The first-order valence-electron chi connectivity index (χ1n) is 5.81. The lowest BCUT2D eigenvalue weighted by molar-refractivity contribution is 0.196. The molecule has 1 nitrogen and oxygen atoms in total. The summed E-state index contributed by atoms with van der Waals surface area (Å²) in [5.74, 6) is 0. The Bertz CT molecular complexity index is 89.1. The van der Waals surface area contributed by atoms with Crippen molar-refractivity contribution in [3.8, 4) is 0 Å². The van der Waals surface area contributed by atoms with E-state index in [1.807, 2.05) is 13.8 Å². The molecular weight excluding hydrogens is 158 g/mol. The molecule has 0 bridgehead atoms. The van der Waals surface area contributed by atoms with Gasteiger partial charge in [0.2, 0.25) is 0 Å². The third-order valence-electron chi connectivity index (χ3n) is 2.49. The predicted octanol–water partition coefficient (Wildman–Crippen LogP) is 3.93. The first kappa shape index (κ1) is 15.4. The molecule has 0 aliphatic heterocycles. The molecule has 0 aromatic rings. The predicted molar refractivity (Wildman–Crippen MR) is 63.2 cm³/mol. The van der Waals surface area contributed by atoms with Gasteiger partial charge >= 0.3 is 0 Å². The van der Waals surface area contributed by atoms with Crippen LogP contribution in [0.4, 0.5) is 0 Å². The van der Waals surface area contributed by atoms with Gasteiger partial charge in [0.1, 0.15) is 0 Å². The highest BCUT2D eigenvalue weighted by molar-refractivity contribution is 4.66. The van der Waals surface area contributed by atoms with Gasteiger partial charge in [0.15, 0.2) is 0 Å². The molecule has 0 spiro atoms. The van der Waals surface area contributed by atoms with Crippen molar-refractivity contribution >= 4 is 0 Å². The molecule has 0 fully saturated rings. The summed E-state index contributed by atoms with van der Waals surface area (Å²) in [6.07, 6.45) is 4.01. The minimum atomic E-state index is 0.682. The van der Waals surface area contributed by atoms with E-state index in [1.54, 1.807) is 0 Å². The molecule has 1 heteroatoms. The van der Waals surface area contributed by atoms with Gasteiger partial charge in [-0.25, -0.2) is 0 Å². The summed E-state index contributed by atoms with van der Waals surface area (Å²) >= 11 is 0. The average molecular weight is 187 g/mol. The third-order valence-corrected chi connectivity index (χ3v) is 2.49. The quantitative estimate of drug-likeness (QED) is 0.630. The van der Waals surface area contributed by atoms with Gasteiger partial charge in [0, 0.05) is 12.1 Å². The van der Waals surface area contributed by atoms with Gasteiger partial charge in [-0.05, 0) is 34.2 Å². The number of hydrogen-bond donors (Lipinski definition) is 0. The number of hydrogen-bond acceptors (Lipinski definition) is 1. The standard InChI is InChI=1S/C10H23N.C2H6/c1-6-7-8-10(4)11(5)9(2)3;1-2/h9-10H,6-8H2,1-5H3;1-2H3/t10-;/m0./s1. The van der Waals surface area contributed by atoms with E-state index >= 15 is 0 Å². The van der Waals surface area contributed by atoms with Crippen molar-refractivity contribution in [3.63, 3.8) is 0 Å². The second-order valence-corrected chi connectivity index (χ2v) is 3.75. The molecule has 0 radical (unpaired) electrons. The fourth-order valence-corrected chi connectivity index (χ4v) is 1.21. The molecule has 0 aliphatic carbocycles. The van der Waals surface area contributed by atoms with Crippen LogP contribution in [0.3, 0.4) is 0 Å². The Morgan fingerprint density at radius 3 is 1.85 bits per heavy atom. The average Bonchev–Trinajstić information content (AvgIpc) is 2.16. The summed E-state index contributed by atoms with van der Waals surface area (Å²) in [6.45, 7) is 13.1. The maximum atomic E-state index is 2.44. The first-order valence-corrected chi connectivity index (χ1v) is 5.81. The Morgan fingerprint density at radius 1 is 1.08 bits per heavy atom. The van der Waals surface area contributed by atoms with Gasteiger partial charge in [-0.3, -0.25) is 0 Å². The van der Waals surface area contributed by atoms with Crippen LogP contribution in [0.25, 0.3) is 0 Å². The van der Waals surface area contributed by atoms with E-state index < -0.39 is 0 Å². The maximum Gasteiger partial charge on any atom is 0.00665 e. The maximum absolute atomic E-state index is 2.44. The lowest BCUT2D eigenvalue weighted by Gasteiger charge is -2.28. The van der Waals surface area contributed by atoms with E-state index in [0.717, 1.165) is 6.04 Å². The summed E-state index contributed by atoms with van der Waals surface area (Å²) in [6, 6.07) is 1.43. The Hall–Kier alpha value is -0.0400. The molecule has 0 unspecified atom stereocenters. The van der Waals surface area contributed by atoms with E-state index in [2.05, 4.69) is 39.6 Å². The first-order chi connectivity index (χ1) is 6.09. The zero-order valence-electron chi connectivity index (χ0n) is 10.7. The van der Waals surface area contributed by atoms with Crippen molar-refractivity contribution in [3.05, 3.63) is 0 Å². The van der Waals surface area contributed by atoms with Crippen LogP contribution in [0.15, 0.2) is 0 Å². The molecule has 0 heterocycles. The van der Waals surface area contributed by atoms with Gasteiger partial charge < -0.3 is 4.90 Å². The monoisotopic (exact) mass is 187 g/mol. The molecule has 0 rings (SSSR count). The zero-order valence-corrected chi connectivity index (χ0v) is 10.7. The topological polar surface area (TPSA) is 3.24 Å². The van der Waals surface area contributed by atoms with Gasteiger partial charge in [-0.15, -0.1) is 0 Å². The van der Waals surface area contributed by atoms with Gasteiger partial charge in [0.25, 0.3) is 0 Å². The van der Waals surface area contributed by atoms with Crippen LogP contribution in [0.5, 0.6) is 0 Å². The Balaban J connectivity index is 0. The normalized spacial score (nSPS) is 12.7. The van der Waals surface area contributed by atoms with Crippen molar-refractivity contribution in [2.75, 3.05) is 7.05 Å². The molecule has 1 atom stereocenters. The van der Waals surface area contributed by atoms with Gasteiger partial charge in [0.05, 0.1) is 0 Å². The van der Waals surface area contributed by atoms with Crippen LogP contribution in [-0.2, 0) is 0 Å². The summed E-state index contributed by atoms with van der Waals surface area (Å²) in [5, 5.41) is 0. The Labute approximate surface area is 85.5 Å². The van der Waals surface area contributed by atoms with Gasteiger partial charge in [-0.1, -0.05) is 33.6 Å². The van der Waals surface area contributed by atoms with E-state index in [4.69, 9.17) is 0 Å². The second-order valence-electron chi connectivity index (χ2n) is 3.75. The van der Waals surface area contributed by atoms with Crippen LogP contribution >= 0.6 is 0 Å². The smallest absolute Gasteiger partial charge is 0.00665 e. The van der Waals surface area contributed by atoms with Crippen molar-refractivity contribution < 1.29 is 0 Å². The van der Waals surface area contributed by atoms with Gasteiger partial charge in [-0.2, -0.15) is 0 Å². The second kappa shape index (κ2) is 10.0. The minimum absolute atomic E-state index is 0.682. The fourth-order valence-electron chi connectivity index (χ4n) is 1.21. The van der Waals surface area contributed by atoms with E-state index in [9.17, 15) is 0 Å². The largest absolute Gasteiger partial charge is 0.301 e. The lowest BCUT2D eigenvalue weighted by Crippen LogP contribution is -2.34. The SMILES string of the molecule is CC.CCCC[C@H](C)N(C)C(C)C. The molecule has 0 aromatic carbocycles. The molecule has 0 amide bonds. The molecule has 0 saturated carbocycles. The van der Waals surface area contributed by atoms with Crippen LogP contribution in [0.1, 0.15) is 60.8 Å². The summed E-state index contributed by atoms with van der Waals surface area (Å²) in [5.41, 5.74) is 0. The van der Waals surface area contributed by atoms with Crippen molar-refractivity contribution in [1.82, 2.24) is 4.90 Å². The molecule has 0 aliphatic rings. The molecule has 0 aromatic heterocycles. The van der Waals surface area contributed by atoms with Crippen LogP contribution < -0.4 is 0 Å². The summed E-state index contributed by atoms with van der Waals surface area (Å²) in [7, 11) is 2.21. The molecule has 13 heavy (non-hydrogen) atoms. The molecule has 82 valence electrons. The Kier molecular flexibility index (Phi) is 11.9. The number of rotatable bonds is 5. The molecule has 0 N–H and O–H groups in total. The highest BCUT2D eigenvalue weighted by atomic mass is 15.1. The fraction of sp³-hybridized carbons (Fsp3) is 1.00. The Morgan fingerprint density at radius 2 is 1.54 bits per heavy atom. The van der Waals surface area contributed by atoms with Crippen molar-refractivity contribution in [1.29, 1.82) is 0 Å². The summed E-state index contributed by atoms with van der Waals surface area (Å²) in [4.78, 5) is 2.44. The highest BCUT2D eigenvalue weighted by Gasteiger charge is 2.10. The lowest BCUT2D eigenvalue weighted by atomic mass is 10.1. The number of unbranched alkanes of at least 4 members (excludes halogenated alkanes) is 1. The highest BCUT2D eigenvalue weighted by Crippen LogP contribution is 2.08.